The first kappa shape index (κ1) is 15.9. The number of hydrogen-bond acceptors (Lipinski definition) is 5. The fourth-order valence-electron chi connectivity index (χ4n) is 2.11. The minimum Gasteiger partial charge on any atom is -0.479 e. The summed E-state index contributed by atoms with van der Waals surface area (Å²) in [5, 5.41) is 8.80. The fraction of sp³-hybridized carbons (Fsp3) is 0.538. The number of carboxylic acids is 1. The molecule has 1 fully saturated rings. The van der Waals surface area contributed by atoms with Crippen LogP contribution in [0.3, 0.4) is 0 Å². The first-order valence-corrected chi connectivity index (χ1v) is 8.37. The molecule has 2 N–H and O–H groups in total. The van der Waals surface area contributed by atoms with Crippen LogP contribution in [-0.4, -0.2) is 49.0 Å². The minimum absolute atomic E-state index is 0.0565. The molecule has 2 heterocycles. The van der Waals surface area contributed by atoms with Gasteiger partial charge in [-0.15, -0.1) is 0 Å². The van der Waals surface area contributed by atoms with E-state index in [9.17, 15) is 13.2 Å². The Hall–Kier alpha value is -1.51. The van der Waals surface area contributed by atoms with Crippen molar-refractivity contribution < 1.29 is 23.1 Å². The van der Waals surface area contributed by atoms with Crippen LogP contribution in [0.4, 0.5) is 0 Å². The molecule has 8 heteroatoms. The molecule has 1 aromatic heterocycles. The molecule has 2 unspecified atom stereocenters. The zero-order chi connectivity index (χ0) is 15.3. The number of carbonyl (C=O) groups is 1. The number of aliphatic carboxylic acids is 1. The van der Waals surface area contributed by atoms with E-state index in [4.69, 9.17) is 9.84 Å². The average Bonchev–Trinajstić information content (AvgIpc) is 2.94. The lowest BCUT2D eigenvalue weighted by Crippen LogP contribution is -2.35. The zero-order valence-corrected chi connectivity index (χ0v) is 12.3. The van der Waals surface area contributed by atoms with Gasteiger partial charge < -0.3 is 9.84 Å². The highest BCUT2D eigenvalue weighted by molar-refractivity contribution is 7.89. The number of sulfonamides is 1. The van der Waals surface area contributed by atoms with Crippen molar-refractivity contribution >= 4 is 16.0 Å². The van der Waals surface area contributed by atoms with Crippen molar-refractivity contribution in [3.8, 4) is 0 Å². The molecule has 21 heavy (non-hydrogen) atoms. The SMILES string of the molecule is O=C(O)C1CCC(CNS(=O)(=O)CCc2ccccn2)O1. The van der Waals surface area contributed by atoms with Crippen LogP contribution in [0.15, 0.2) is 24.4 Å². The molecule has 2 rings (SSSR count). The van der Waals surface area contributed by atoms with Gasteiger partial charge in [0.25, 0.3) is 0 Å². The van der Waals surface area contributed by atoms with Gasteiger partial charge in [-0.25, -0.2) is 17.9 Å². The molecular weight excluding hydrogens is 296 g/mol. The number of hydrogen-bond donors (Lipinski definition) is 2. The van der Waals surface area contributed by atoms with Crippen LogP contribution in [0, 0.1) is 0 Å². The fourth-order valence-corrected chi connectivity index (χ4v) is 3.18. The van der Waals surface area contributed by atoms with Crippen molar-refractivity contribution in [1.29, 1.82) is 0 Å². The Balaban J connectivity index is 1.76. The summed E-state index contributed by atoms with van der Waals surface area (Å²) < 4.78 is 31.4. The summed E-state index contributed by atoms with van der Waals surface area (Å²) in [4.78, 5) is 14.8. The lowest BCUT2D eigenvalue weighted by molar-refractivity contribution is -0.149. The first-order valence-electron chi connectivity index (χ1n) is 6.72. The standard InChI is InChI=1S/C13H18N2O5S/c16-13(17)12-5-4-11(20-12)9-15-21(18,19)8-6-10-3-1-2-7-14-10/h1-3,7,11-12,15H,4-6,8-9H2,(H,16,17). The van der Waals surface area contributed by atoms with Crippen LogP contribution >= 0.6 is 0 Å². The Morgan fingerprint density at radius 1 is 1.43 bits per heavy atom. The normalized spacial score (nSPS) is 22.3. The van der Waals surface area contributed by atoms with Crippen molar-refractivity contribution in [3.63, 3.8) is 0 Å². The Kier molecular flexibility index (Phi) is 5.27. The summed E-state index contributed by atoms with van der Waals surface area (Å²) in [5.41, 5.74) is 0.714. The highest BCUT2D eigenvalue weighted by Crippen LogP contribution is 2.19. The summed E-state index contributed by atoms with van der Waals surface area (Å²) in [6.45, 7) is 0.105. The summed E-state index contributed by atoms with van der Waals surface area (Å²) >= 11 is 0. The van der Waals surface area contributed by atoms with Gasteiger partial charge in [-0.1, -0.05) is 6.07 Å². The van der Waals surface area contributed by atoms with E-state index in [1.807, 2.05) is 0 Å². The molecule has 0 amide bonds. The summed E-state index contributed by atoms with van der Waals surface area (Å²) in [7, 11) is -3.42. The number of nitrogens with one attached hydrogen (secondary N) is 1. The number of aryl methyl sites for hydroxylation is 1. The topological polar surface area (TPSA) is 106 Å². The minimum atomic E-state index is -3.42. The lowest BCUT2D eigenvalue weighted by atomic mass is 10.2. The largest absolute Gasteiger partial charge is 0.479 e. The highest BCUT2D eigenvalue weighted by Gasteiger charge is 2.30. The van der Waals surface area contributed by atoms with Gasteiger partial charge in [0, 0.05) is 24.9 Å². The maximum absolute atomic E-state index is 11.9. The Morgan fingerprint density at radius 2 is 2.24 bits per heavy atom. The van der Waals surface area contributed by atoms with Crippen LogP contribution in [-0.2, 0) is 26.0 Å². The summed E-state index contributed by atoms with van der Waals surface area (Å²) in [5.74, 6) is -1.06. The predicted octanol–water partition coefficient (Wildman–Crippen LogP) is 0.176. The van der Waals surface area contributed by atoms with E-state index < -0.39 is 22.1 Å². The van der Waals surface area contributed by atoms with Gasteiger partial charge in [-0.3, -0.25) is 4.98 Å². The molecule has 1 aromatic rings. The second-order valence-corrected chi connectivity index (χ2v) is 6.83. The van der Waals surface area contributed by atoms with Crippen molar-refractivity contribution in [2.24, 2.45) is 0 Å². The molecule has 0 bridgehead atoms. The molecule has 0 radical (unpaired) electrons. The predicted molar refractivity (Wildman–Crippen MR) is 75.3 cm³/mol. The quantitative estimate of drug-likeness (QED) is 0.743. The summed E-state index contributed by atoms with van der Waals surface area (Å²) in [6, 6.07) is 5.35. The van der Waals surface area contributed by atoms with E-state index in [-0.39, 0.29) is 18.4 Å². The van der Waals surface area contributed by atoms with Gasteiger partial charge in [-0.05, 0) is 25.0 Å². The molecule has 0 aliphatic carbocycles. The number of ether oxygens (including phenoxy) is 1. The molecule has 1 aliphatic rings. The Morgan fingerprint density at radius 3 is 2.86 bits per heavy atom. The van der Waals surface area contributed by atoms with E-state index in [0.717, 1.165) is 0 Å². The van der Waals surface area contributed by atoms with Gasteiger partial charge in [0.2, 0.25) is 10.0 Å². The van der Waals surface area contributed by atoms with Crippen LogP contribution in [0.5, 0.6) is 0 Å². The summed E-state index contributed by atoms with van der Waals surface area (Å²) in [6.07, 6.45) is 1.70. The molecule has 0 spiro atoms. The van der Waals surface area contributed by atoms with E-state index in [1.165, 1.54) is 0 Å². The molecule has 2 atom stereocenters. The Labute approximate surface area is 123 Å². The van der Waals surface area contributed by atoms with Crippen molar-refractivity contribution in [1.82, 2.24) is 9.71 Å². The number of carboxylic acid groups (broad SMARTS) is 1. The van der Waals surface area contributed by atoms with Crippen LogP contribution < -0.4 is 4.72 Å². The molecule has 116 valence electrons. The first-order chi connectivity index (χ1) is 9.96. The van der Waals surface area contributed by atoms with Crippen LogP contribution in [0.2, 0.25) is 0 Å². The van der Waals surface area contributed by atoms with E-state index in [2.05, 4.69) is 9.71 Å². The second kappa shape index (κ2) is 6.97. The smallest absolute Gasteiger partial charge is 0.332 e. The molecular formula is C13H18N2O5S. The number of aromatic nitrogens is 1. The van der Waals surface area contributed by atoms with Crippen molar-refractivity contribution in [2.75, 3.05) is 12.3 Å². The van der Waals surface area contributed by atoms with Gasteiger partial charge in [0.05, 0.1) is 11.9 Å². The zero-order valence-electron chi connectivity index (χ0n) is 11.4. The third-order valence-electron chi connectivity index (χ3n) is 3.27. The third kappa shape index (κ3) is 5.07. The van der Waals surface area contributed by atoms with Crippen LogP contribution in [0.25, 0.3) is 0 Å². The number of rotatable bonds is 7. The highest BCUT2D eigenvalue weighted by atomic mass is 32.2. The van der Waals surface area contributed by atoms with E-state index in [1.54, 1.807) is 24.4 Å². The molecule has 1 saturated heterocycles. The monoisotopic (exact) mass is 314 g/mol. The van der Waals surface area contributed by atoms with Gasteiger partial charge in [0.1, 0.15) is 0 Å². The molecule has 0 saturated carbocycles. The lowest BCUT2D eigenvalue weighted by Gasteiger charge is -2.12. The Bertz CT molecular complexity index is 575. The molecule has 1 aliphatic heterocycles. The number of nitrogens with zero attached hydrogens (tertiary/aromatic N) is 1. The molecule has 0 aromatic carbocycles. The van der Waals surface area contributed by atoms with E-state index >= 15 is 0 Å². The van der Waals surface area contributed by atoms with Crippen molar-refractivity contribution in [3.05, 3.63) is 30.1 Å². The van der Waals surface area contributed by atoms with E-state index in [0.29, 0.717) is 25.0 Å². The molecule has 7 nitrogen and oxygen atoms in total. The van der Waals surface area contributed by atoms with Gasteiger partial charge in [0.15, 0.2) is 6.10 Å². The second-order valence-electron chi connectivity index (χ2n) is 4.90. The average molecular weight is 314 g/mol. The number of pyridine rings is 1. The van der Waals surface area contributed by atoms with Crippen LogP contribution in [0.1, 0.15) is 18.5 Å². The maximum atomic E-state index is 11.9. The van der Waals surface area contributed by atoms with Gasteiger partial charge >= 0.3 is 5.97 Å². The third-order valence-corrected chi connectivity index (χ3v) is 4.62. The van der Waals surface area contributed by atoms with Gasteiger partial charge in [-0.2, -0.15) is 0 Å². The van der Waals surface area contributed by atoms with Crippen molar-refractivity contribution in [2.45, 2.75) is 31.5 Å². The maximum Gasteiger partial charge on any atom is 0.332 e.